The first kappa shape index (κ1) is 13.5. The molecule has 2 aromatic rings. The van der Waals surface area contributed by atoms with Gasteiger partial charge in [0.2, 0.25) is 0 Å². The van der Waals surface area contributed by atoms with Crippen LogP contribution in [0.1, 0.15) is 27.0 Å². The number of amides is 1. The van der Waals surface area contributed by atoms with Gasteiger partial charge in [-0.15, -0.1) is 0 Å². The lowest BCUT2D eigenvalue weighted by molar-refractivity contribution is 0.0955. The summed E-state index contributed by atoms with van der Waals surface area (Å²) < 4.78 is 0. The normalized spacial score (nSPS) is 10.2. The van der Waals surface area contributed by atoms with Crippen molar-refractivity contribution in [1.82, 2.24) is 5.43 Å². The monoisotopic (exact) mass is 263 g/mol. The molecule has 0 aliphatic heterocycles. The third kappa shape index (κ3) is 3.53. The van der Waals surface area contributed by atoms with Crippen LogP contribution in [0.5, 0.6) is 0 Å². The Hall–Kier alpha value is -2.93. The lowest BCUT2D eigenvalue weighted by Gasteiger charge is -2.00. The van der Waals surface area contributed by atoms with Gasteiger partial charge in [-0.2, -0.15) is 10.4 Å². The Labute approximate surface area is 117 Å². The molecule has 2 aromatic carbocycles. The summed E-state index contributed by atoms with van der Waals surface area (Å²) in [7, 11) is 0. The second-order valence-corrected chi connectivity index (χ2v) is 4.30. The van der Waals surface area contributed by atoms with E-state index in [1.54, 1.807) is 36.4 Å². The third-order valence-corrected chi connectivity index (χ3v) is 2.73. The molecule has 2 rings (SSSR count). The predicted molar refractivity (Wildman–Crippen MR) is 77.4 cm³/mol. The molecule has 0 aromatic heterocycles. The lowest BCUT2D eigenvalue weighted by atomic mass is 10.1. The van der Waals surface area contributed by atoms with Crippen LogP contribution in [0.4, 0.5) is 0 Å². The van der Waals surface area contributed by atoms with E-state index in [1.165, 1.54) is 6.21 Å². The van der Waals surface area contributed by atoms with Crippen LogP contribution in [0.2, 0.25) is 0 Å². The average molecular weight is 263 g/mol. The van der Waals surface area contributed by atoms with Crippen molar-refractivity contribution < 1.29 is 4.79 Å². The Balaban J connectivity index is 1.97. The second-order valence-electron chi connectivity index (χ2n) is 4.30. The zero-order valence-corrected chi connectivity index (χ0v) is 11.0. The van der Waals surface area contributed by atoms with Crippen molar-refractivity contribution in [2.45, 2.75) is 6.92 Å². The van der Waals surface area contributed by atoms with Gasteiger partial charge in [-0.25, -0.2) is 5.43 Å². The molecule has 0 spiro atoms. The van der Waals surface area contributed by atoms with E-state index in [0.717, 1.165) is 11.1 Å². The van der Waals surface area contributed by atoms with Gasteiger partial charge in [0.25, 0.3) is 5.91 Å². The maximum Gasteiger partial charge on any atom is 0.271 e. The maximum absolute atomic E-state index is 11.8. The van der Waals surface area contributed by atoms with E-state index in [4.69, 9.17) is 5.26 Å². The number of nitrogens with zero attached hydrogens (tertiary/aromatic N) is 2. The van der Waals surface area contributed by atoms with Crippen molar-refractivity contribution in [3.8, 4) is 6.07 Å². The molecule has 1 amide bonds. The topological polar surface area (TPSA) is 65.2 Å². The molecule has 0 aliphatic rings. The molecular weight excluding hydrogens is 250 g/mol. The van der Waals surface area contributed by atoms with E-state index in [1.807, 2.05) is 25.1 Å². The van der Waals surface area contributed by atoms with Crippen LogP contribution in [-0.4, -0.2) is 12.1 Å². The first-order valence-electron chi connectivity index (χ1n) is 6.09. The maximum atomic E-state index is 11.8. The summed E-state index contributed by atoms with van der Waals surface area (Å²) in [4.78, 5) is 11.8. The number of hydrazone groups is 1. The van der Waals surface area contributed by atoms with Gasteiger partial charge in [0.15, 0.2) is 0 Å². The third-order valence-electron chi connectivity index (χ3n) is 2.73. The highest BCUT2D eigenvalue weighted by molar-refractivity contribution is 5.94. The number of aryl methyl sites for hydroxylation is 1. The Bertz CT molecular complexity index is 664. The Morgan fingerprint density at radius 2 is 1.80 bits per heavy atom. The summed E-state index contributed by atoms with van der Waals surface area (Å²) in [5.41, 5.74) is 5.53. The zero-order valence-electron chi connectivity index (χ0n) is 11.0. The number of carbonyl (C=O) groups excluding carboxylic acids is 1. The molecule has 0 fully saturated rings. The molecule has 0 atom stereocenters. The van der Waals surface area contributed by atoms with E-state index in [2.05, 4.69) is 10.5 Å². The molecular formula is C16H13N3O. The van der Waals surface area contributed by atoms with E-state index < -0.39 is 0 Å². The fraction of sp³-hybridized carbons (Fsp3) is 0.0625. The molecule has 0 aliphatic carbocycles. The number of nitriles is 1. The fourth-order valence-corrected chi connectivity index (χ4v) is 1.58. The summed E-state index contributed by atoms with van der Waals surface area (Å²) >= 11 is 0. The summed E-state index contributed by atoms with van der Waals surface area (Å²) in [5, 5.41) is 12.6. The summed E-state index contributed by atoms with van der Waals surface area (Å²) in [6.07, 6.45) is 1.53. The van der Waals surface area contributed by atoms with E-state index >= 15 is 0 Å². The largest absolute Gasteiger partial charge is 0.271 e. The highest BCUT2D eigenvalue weighted by Crippen LogP contribution is 2.03. The van der Waals surface area contributed by atoms with Gasteiger partial charge in [0.05, 0.1) is 17.8 Å². The van der Waals surface area contributed by atoms with Crippen molar-refractivity contribution in [2.75, 3.05) is 0 Å². The Morgan fingerprint density at radius 3 is 2.40 bits per heavy atom. The van der Waals surface area contributed by atoms with Gasteiger partial charge in [0, 0.05) is 5.56 Å². The molecule has 4 nitrogen and oxygen atoms in total. The van der Waals surface area contributed by atoms with Crippen molar-refractivity contribution in [1.29, 1.82) is 5.26 Å². The standard InChI is InChI=1S/C16H13N3O/c1-12-2-8-15(9-3-12)16(20)19-18-11-14-6-4-13(10-17)5-7-14/h2-9,11H,1H3,(H,19,20). The molecule has 98 valence electrons. The zero-order chi connectivity index (χ0) is 14.4. The molecule has 0 unspecified atom stereocenters. The predicted octanol–water partition coefficient (Wildman–Crippen LogP) is 2.63. The molecule has 0 saturated carbocycles. The van der Waals surface area contributed by atoms with E-state index in [-0.39, 0.29) is 5.91 Å². The van der Waals surface area contributed by atoms with Crippen LogP contribution in [0, 0.1) is 18.3 Å². The number of benzene rings is 2. The highest BCUT2D eigenvalue weighted by atomic mass is 16.2. The number of hydrogen-bond acceptors (Lipinski definition) is 3. The van der Waals surface area contributed by atoms with Crippen LogP contribution >= 0.6 is 0 Å². The van der Waals surface area contributed by atoms with Crippen molar-refractivity contribution in [3.63, 3.8) is 0 Å². The van der Waals surface area contributed by atoms with Gasteiger partial charge in [-0.1, -0.05) is 29.8 Å². The molecule has 0 bridgehead atoms. The smallest absolute Gasteiger partial charge is 0.267 e. The Kier molecular flexibility index (Phi) is 4.25. The van der Waals surface area contributed by atoms with Gasteiger partial charge in [0.1, 0.15) is 0 Å². The minimum atomic E-state index is -0.255. The molecule has 0 heterocycles. The summed E-state index contributed by atoms with van der Waals surface area (Å²) in [5.74, 6) is -0.255. The quantitative estimate of drug-likeness (QED) is 0.683. The number of nitrogens with one attached hydrogen (secondary N) is 1. The molecule has 4 heteroatoms. The molecule has 1 N–H and O–H groups in total. The minimum absolute atomic E-state index is 0.255. The summed E-state index contributed by atoms with van der Waals surface area (Å²) in [6, 6.07) is 16.2. The number of carbonyl (C=O) groups is 1. The Morgan fingerprint density at radius 1 is 1.15 bits per heavy atom. The number of hydrogen-bond donors (Lipinski definition) is 1. The van der Waals surface area contributed by atoms with Crippen LogP contribution in [0.15, 0.2) is 53.6 Å². The van der Waals surface area contributed by atoms with E-state index in [0.29, 0.717) is 11.1 Å². The van der Waals surface area contributed by atoms with Crippen molar-refractivity contribution in [3.05, 3.63) is 70.8 Å². The van der Waals surface area contributed by atoms with Gasteiger partial charge in [-0.3, -0.25) is 4.79 Å². The number of rotatable bonds is 3. The molecule has 20 heavy (non-hydrogen) atoms. The average Bonchev–Trinajstić information content (AvgIpc) is 2.48. The van der Waals surface area contributed by atoms with Crippen LogP contribution in [0.25, 0.3) is 0 Å². The molecule has 0 saturated heterocycles. The minimum Gasteiger partial charge on any atom is -0.267 e. The fourth-order valence-electron chi connectivity index (χ4n) is 1.58. The van der Waals surface area contributed by atoms with Crippen molar-refractivity contribution in [2.24, 2.45) is 5.10 Å². The summed E-state index contributed by atoms with van der Waals surface area (Å²) in [6.45, 7) is 1.96. The van der Waals surface area contributed by atoms with Crippen molar-refractivity contribution >= 4 is 12.1 Å². The van der Waals surface area contributed by atoms with Gasteiger partial charge < -0.3 is 0 Å². The first-order valence-corrected chi connectivity index (χ1v) is 6.09. The van der Waals surface area contributed by atoms with Crippen LogP contribution in [0.3, 0.4) is 0 Å². The van der Waals surface area contributed by atoms with Crippen LogP contribution < -0.4 is 5.43 Å². The lowest BCUT2D eigenvalue weighted by Crippen LogP contribution is -2.17. The molecule has 0 radical (unpaired) electrons. The SMILES string of the molecule is Cc1ccc(C(=O)NN=Cc2ccc(C#N)cc2)cc1. The van der Waals surface area contributed by atoms with Gasteiger partial charge in [-0.05, 0) is 36.8 Å². The van der Waals surface area contributed by atoms with Gasteiger partial charge >= 0.3 is 0 Å². The second kappa shape index (κ2) is 6.30. The first-order chi connectivity index (χ1) is 9.69. The highest BCUT2D eigenvalue weighted by Gasteiger charge is 2.02. The van der Waals surface area contributed by atoms with E-state index in [9.17, 15) is 4.79 Å². The van der Waals surface area contributed by atoms with Crippen LogP contribution in [-0.2, 0) is 0 Å².